The number of ketones is 1. The molecule has 0 aliphatic rings. The maximum Gasteiger partial charge on any atom is 0.229 e. The highest BCUT2D eigenvalue weighted by atomic mass is 32.2. The normalized spacial score (nSPS) is 11.6. The van der Waals surface area contributed by atoms with Crippen LogP contribution in [0.5, 0.6) is 0 Å². The number of halogens is 1. The third-order valence-corrected chi connectivity index (χ3v) is 5.75. The lowest BCUT2D eigenvalue weighted by molar-refractivity contribution is 0.103. The number of nitrogens with zero attached hydrogens (tertiary/aromatic N) is 1. The quantitative estimate of drug-likeness (QED) is 0.447. The number of aryl methyl sites for hydroxylation is 2. The zero-order chi connectivity index (χ0) is 22.3. The number of carbonyl (C=O) groups is 1. The fourth-order valence-electron chi connectivity index (χ4n) is 3.71. The molecule has 0 saturated heterocycles. The molecule has 2 heterocycles. The van der Waals surface area contributed by atoms with Gasteiger partial charge in [0.1, 0.15) is 5.65 Å². The molecule has 0 unspecified atom stereocenters. The molecule has 0 atom stereocenters. The first kappa shape index (κ1) is 20.7. The molecule has 0 aliphatic carbocycles. The van der Waals surface area contributed by atoms with Crippen molar-refractivity contribution in [3.05, 3.63) is 82.9 Å². The first-order valence-corrected chi connectivity index (χ1v) is 11.4. The van der Waals surface area contributed by atoms with Gasteiger partial charge in [-0.05, 0) is 36.6 Å². The van der Waals surface area contributed by atoms with Crippen LogP contribution in [0.15, 0.2) is 54.9 Å². The fraction of sp³-hybridized carbons (Fsp3) is 0.130. The van der Waals surface area contributed by atoms with Gasteiger partial charge in [0.25, 0.3) is 0 Å². The molecule has 0 amide bonds. The molecule has 0 spiro atoms. The Labute approximate surface area is 179 Å². The summed E-state index contributed by atoms with van der Waals surface area (Å²) < 4.78 is 40.4. The Bertz CT molecular complexity index is 1430. The maximum absolute atomic E-state index is 15.2. The van der Waals surface area contributed by atoms with E-state index in [0.717, 1.165) is 22.9 Å². The van der Waals surface area contributed by atoms with Crippen LogP contribution in [0.4, 0.5) is 10.1 Å². The summed E-state index contributed by atoms with van der Waals surface area (Å²) in [6.07, 6.45) is 4.17. The van der Waals surface area contributed by atoms with Crippen LogP contribution in [0, 0.1) is 19.7 Å². The Morgan fingerprint density at radius 1 is 1.10 bits per heavy atom. The Morgan fingerprint density at radius 3 is 2.48 bits per heavy atom. The second kappa shape index (κ2) is 7.63. The van der Waals surface area contributed by atoms with Gasteiger partial charge >= 0.3 is 0 Å². The van der Waals surface area contributed by atoms with Crippen LogP contribution in [-0.2, 0) is 10.0 Å². The van der Waals surface area contributed by atoms with Crippen molar-refractivity contribution in [3.63, 3.8) is 0 Å². The number of aromatic nitrogens is 2. The SMILES string of the molecule is Cc1ccc(NS(C)(=O)=O)c(F)c1C(=O)c1c[nH]c2ncc(-c3ccccc3)c(C)c12. The predicted molar refractivity (Wildman–Crippen MR) is 119 cm³/mol. The van der Waals surface area contributed by atoms with Gasteiger partial charge in [0, 0.05) is 28.9 Å². The summed E-state index contributed by atoms with van der Waals surface area (Å²) in [7, 11) is -3.70. The van der Waals surface area contributed by atoms with Crippen LogP contribution < -0.4 is 4.72 Å². The summed E-state index contributed by atoms with van der Waals surface area (Å²) in [6.45, 7) is 3.50. The van der Waals surface area contributed by atoms with Crippen molar-refractivity contribution in [3.8, 4) is 11.1 Å². The minimum Gasteiger partial charge on any atom is -0.345 e. The van der Waals surface area contributed by atoms with E-state index >= 15 is 4.39 Å². The number of carbonyl (C=O) groups excluding carboxylic acids is 1. The molecule has 0 radical (unpaired) electrons. The highest BCUT2D eigenvalue weighted by Gasteiger charge is 2.24. The van der Waals surface area contributed by atoms with E-state index in [2.05, 4.69) is 14.7 Å². The molecule has 8 heteroatoms. The van der Waals surface area contributed by atoms with E-state index in [1.807, 2.05) is 37.3 Å². The Balaban J connectivity index is 1.89. The molecular weight excluding hydrogens is 417 g/mol. The molecular formula is C23H20FN3O3S. The maximum atomic E-state index is 15.2. The van der Waals surface area contributed by atoms with Crippen LogP contribution in [0.25, 0.3) is 22.2 Å². The zero-order valence-corrected chi connectivity index (χ0v) is 18.0. The lowest BCUT2D eigenvalue weighted by Crippen LogP contribution is -2.14. The molecule has 4 aromatic rings. The van der Waals surface area contributed by atoms with Gasteiger partial charge in [0.15, 0.2) is 11.6 Å². The number of anilines is 1. The lowest BCUT2D eigenvalue weighted by atomic mass is 9.94. The number of hydrogen-bond acceptors (Lipinski definition) is 4. The Hall–Kier alpha value is -3.52. The first-order valence-electron chi connectivity index (χ1n) is 9.51. The van der Waals surface area contributed by atoms with Crippen LogP contribution in [0.2, 0.25) is 0 Å². The molecule has 31 heavy (non-hydrogen) atoms. The van der Waals surface area contributed by atoms with Gasteiger partial charge in [-0.15, -0.1) is 0 Å². The van der Waals surface area contributed by atoms with Crippen LogP contribution >= 0.6 is 0 Å². The van der Waals surface area contributed by atoms with Gasteiger partial charge in [-0.25, -0.2) is 17.8 Å². The van der Waals surface area contributed by atoms with Crippen molar-refractivity contribution < 1.29 is 17.6 Å². The van der Waals surface area contributed by atoms with E-state index in [0.29, 0.717) is 16.6 Å². The third kappa shape index (κ3) is 3.82. The fourth-order valence-corrected chi connectivity index (χ4v) is 4.26. The van der Waals surface area contributed by atoms with Crippen molar-refractivity contribution in [1.82, 2.24) is 9.97 Å². The van der Waals surface area contributed by atoms with Gasteiger partial charge in [0.2, 0.25) is 10.0 Å². The molecule has 0 fully saturated rings. The molecule has 2 N–H and O–H groups in total. The molecule has 4 rings (SSSR count). The summed E-state index contributed by atoms with van der Waals surface area (Å²) in [5.74, 6) is -1.46. The third-order valence-electron chi connectivity index (χ3n) is 5.16. The van der Waals surface area contributed by atoms with Crippen molar-refractivity contribution >= 4 is 32.5 Å². The van der Waals surface area contributed by atoms with Gasteiger partial charge < -0.3 is 4.98 Å². The number of fused-ring (bicyclic) bond motifs is 1. The molecule has 2 aromatic carbocycles. The summed E-state index contributed by atoms with van der Waals surface area (Å²) in [4.78, 5) is 20.8. The molecule has 0 bridgehead atoms. The van der Waals surface area contributed by atoms with E-state index in [-0.39, 0.29) is 16.8 Å². The second-order valence-corrected chi connectivity index (χ2v) is 9.16. The van der Waals surface area contributed by atoms with Crippen molar-refractivity contribution in [2.45, 2.75) is 13.8 Å². The number of pyridine rings is 1. The molecule has 6 nitrogen and oxygen atoms in total. The lowest BCUT2D eigenvalue weighted by Gasteiger charge is -2.12. The van der Waals surface area contributed by atoms with E-state index in [9.17, 15) is 13.2 Å². The zero-order valence-electron chi connectivity index (χ0n) is 17.2. The second-order valence-electron chi connectivity index (χ2n) is 7.41. The van der Waals surface area contributed by atoms with Crippen LogP contribution in [0.3, 0.4) is 0 Å². The van der Waals surface area contributed by atoms with Gasteiger partial charge in [-0.1, -0.05) is 36.4 Å². The smallest absolute Gasteiger partial charge is 0.229 e. The van der Waals surface area contributed by atoms with Crippen molar-refractivity contribution in [2.75, 3.05) is 11.0 Å². The molecule has 0 saturated carbocycles. The largest absolute Gasteiger partial charge is 0.345 e. The van der Waals surface area contributed by atoms with E-state index in [1.54, 1.807) is 13.1 Å². The highest BCUT2D eigenvalue weighted by Crippen LogP contribution is 2.32. The van der Waals surface area contributed by atoms with Gasteiger partial charge in [-0.2, -0.15) is 0 Å². The number of benzene rings is 2. The number of aromatic amines is 1. The summed E-state index contributed by atoms with van der Waals surface area (Å²) >= 11 is 0. The number of rotatable bonds is 5. The van der Waals surface area contributed by atoms with Crippen molar-refractivity contribution in [2.24, 2.45) is 0 Å². The average molecular weight is 437 g/mol. The summed E-state index contributed by atoms with van der Waals surface area (Å²) in [6, 6.07) is 12.5. The standard InChI is InChI=1S/C23H20FN3O3S/c1-13-9-10-18(27-31(3,29)30)21(24)19(13)22(28)17-12-26-23-20(17)14(2)16(11-25-23)15-7-5-4-6-8-15/h4-12,27H,1-3H3,(H,25,26). The van der Waals surface area contributed by atoms with E-state index in [4.69, 9.17) is 0 Å². The number of H-pyrrole nitrogens is 1. The van der Waals surface area contributed by atoms with Crippen molar-refractivity contribution in [1.29, 1.82) is 0 Å². The molecule has 158 valence electrons. The molecule has 0 aliphatic heterocycles. The minimum absolute atomic E-state index is 0.181. The summed E-state index contributed by atoms with van der Waals surface area (Å²) in [5.41, 5.74) is 3.41. The average Bonchev–Trinajstić information content (AvgIpc) is 3.15. The number of hydrogen-bond donors (Lipinski definition) is 2. The molecule has 2 aromatic heterocycles. The van der Waals surface area contributed by atoms with Crippen LogP contribution in [-0.4, -0.2) is 30.4 Å². The number of sulfonamides is 1. The minimum atomic E-state index is -3.70. The van der Waals surface area contributed by atoms with E-state index in [1.165, 1.54) is 18.3 Å². The Morgan fingerprint density at radius 2 is 1.81 bits per heavy atom. The first-order chi connectivity index (χ1) is 14.7. The highest BCUT2D eigenvalue weighted by molar-refractivity contribution is 7.92. The van der Waals surface area contributed by atoms with Gasteiger partial charge in [-0.3, -0.25) is 9.52 Å². The monoisotopic (exact) mass is 437 g/mol. The Kier molecular flexibility index (Phi) is 5.10. The van der Waals surface area contributed by atoms with Gasteiger partial charge in [0.05, 0.1) is 17.5 Å². The van der Waals surface area contributed by atoms with Crippen LogP contribution in [0.1, 0.15) is 27.0 Å². The summed E-state index contributed by atoms with van der Waals surface area (Å²) in [5, 5.41) is 0.603. The predicted octanol–water partition coefficient (Wildman–Crippen LogP) is 4.59. The van der Waals surface area contributed by atoms with E-state index < -0.39 is 21.6 Å². The number of nitrogens with one attached hydrogen (secondary N) is 2. The topological polar surface area (TPSA) is 91.9 Å².